The molecule has 0 bridgehead atoms. The van der Waals surface area contributed by atoms with Crippen LogP contribution in [0.1, 0.15) is 19.3 Å². The van der Waals surface area contributed by atoms with Crippen LogP contribution in [0.3, 0.4) is 0 Å². The predicted octanol–water partition coefficient (Wildman–Crippen LogP) is 2.53. The molecule has 2 rings (SSSR count). The molecule has 1 heterocycles. The van der Waals surface area contributed by atoms with Crippen molar-refractivity contribution in [1.29, 1.82) is 0 Å². The second kappa shape index (κ2) is 8.22. The van der Waals surface area contributed by atoms with Crippen molar-refractivity contribution in [2.24, 2.45) is 5.92 Å². The van der Waals surface area contributed by atoms with E-state index in [1.807, 2.05) is 7.05 Å². The van der Waals surface area contributed by atoms with Crippen molar-refractivity contribution in [3.8, 4) is 5.75 Å². The van der Waals surface area contributed by atoms with Crippen LogP contribution in [0.25, 0.3) is 0 Å². The van der Waals surface area contributed by atoms with E-state index in [1.54, 1.807) is 12.1 Å². The Hall–Kier alpha value is -1.13. The fourth-order valence-corrected chi connectivity index (χ4v) is 2.67. The maximum atomic E-state index is 12.8. The standard InChI is InChI=1S/C16H25FN2O/c1-18-9-6-14-7-10-19(11-8-14)12-13-20-16-4-2-15(17)3-5-16/h2-5,14,18H,6-13H2,1H3. The number of nitrogens with one attached hydrogen (secondary N) is 1. The van der Waals surface area contributed by atoms with E-state index in [4.69, 9.17) is 4.74 Å². The van der Waals surface area contributed by atoms with Crippen LogP contribution >= 0.6 is 0 Å². The minimum absolute atomic E-state index is 0.221. The van der Waals surface area contributed by atoms with Crippen LogP contribution in [0.2, 0.25) is 0 Å². The molecule has 0 unspecified atom stereocenters. The predicted molar refractivity (Wildman–Crippen MR) is 79.6 cm³/mol. The molecule has 1 aliphatic heterocycles. The van der Waals surface area contributed by atoms with Gasteiger partial charge in [-0.05, 0) is 76.1 Å². The summed E-state index contributed by atoms with van der Waals surface area (Å²) in [6.45, 7) is 5.09. The quantitative estimate of drug-likeness (QED) is 0.830. The Balaban J connectivity index is 1.60. The second-order valence-electron chi connectivity index (χ2n) is 5.48. The topological polar surface area (TPSA) is 24.5 Å². The van der Waals surface area contributed by atoms with Gasteiger partial charge in [-0.3, -0.25) is 4.90 Å². The molecule has 0 saturated carbocycles. The molecule has 20 heavy (non-hydrogen) atoms. The van der Waals surface area contributed by atoms with Crippen molar-refractivity contribution in [2.75, 3.05) is 39.8 Å². The van der Waals surface area contributed by atoms with Crippen LogP contribution < -0.4 is 10.1 Å². The van der Waals surface area contributed by atoms with Gasteiger partial charge in [0.25, 0.3) is 0 Å². The average Bonchev–Trinajstić information content (AvgIpc) is 2.48. The highest BCUT2D eigenvalue weighted by atomic mass is 19.1. The van der Waals surface area contributed by atoms with Gasteiger partial charge in [0.15, 0.2) is 0 Å². The Morgan fingerprint density at radius 2 is 1.95 bits per heavy atom. The molecule has 3 nitrogen and oxygen atoms in total. The minimum atomic E-state index is -0.221. The van der Waals surface area contributed by atoms with Gasteiger partial charge in [-0.1, -0.05) is 0 Å². The smallest absolute Gasteiger partial charge is 0.123 e. The van der Waals surface area contributed by atoms with Crippen LogP contribution in [-0.4, -0.2) is 44.7 Å². The van der Waals surface area contributed by atoms with Crippen molar-refractivity contribution in [3.05, 3.63) is 30.1 Å². The lowest BCUT2D eigenvalue weighted by Crippen LogP contribution is -2.37. The summed E-state index contributed by atoms with van der Waals surface area (Å²) in [7, 11) is 2.02. The molecule has 0 aromatic heterocycles. The van der Waals surface area contributed by atoms with Gasteiger partial charge in [0.05, 0.1) is 0 Å². The van der Waals surface area contributed by atoms with E-state index in [-0.39, 0.29) is 5.82 Å². The number of halogens is 1. The number of hydrogen-bond acceptors (Lipinski definition) is 3. The lowest BCUT2D eigenvalue weighted by atomic mass is 9.93. The zero-order valence-corrected chi connectivity index (χ0v) is 12.3. The molecule has 1 N–H and O–H groups in total. The Bertz CT molecular complexity index is 375. The number of rotatable bonds is 7. The molecular weight excluding hydrogens is 255 g/mol. The molecule has 0 spiro atoms. The Morgan fingerprint density at radius 3 is 2.60 bits per heavy atom. The van der Waals surface area contributed by atoms with Gasteiger partial charge in [0.2, 0.25) is 0 Å². The first kappa shape index (κ1) is 15.3. The first-order valence-electron chi connectivity index (χ1n) is 7.53. The average molecular weight is 280 g/mol. The summed E-state index contributed by atoms with van der Waals surface area (Å²) in [6.07, 6.45) is 3.87. The Labute approximate surface area is 121 Å². The minimum Gasteiger partial charge on any atom is -0.492 e. The number of piperidine rings is 1. The Morgan fingerprint density at radius 1 is 1.25 bits per heavy atom. The van der Waals surface area contributed by atoms with Gasteiger partial charge in [0.1, 0.15) is 18.2 Å². The third kappa shape index (κ3) is 5.10. The summed E-state index contributed by atoms with van der Waals surface area (Å²) in [5.41, 5.74) is 0. The third-order valence-corrected chi connectivity index (χ3v) is 4.00. The van der Waals surface area contributed by atoms with E-state index in [0.29, 0.717) is 6.61 Å². The van der Waals surface area contributed by atoms with Gasteiger partial charge in [0, 0.05) is 6.54 Å². The molecule has 1 aliphatic rings. The molecule has 4 heteroatoms. The highest BCUT2D eigenvalue weighted by Crippen LogP contribution is 2.19. The lowest BCUT2D eigenvalue weighted by Gasteiger charge is -2.31. The van der Waals surface area contributed by atoms with Crippen molar-refractivity contribution in [2.45, 2.75) is 19.3 Å². The SMILES string of the molecule is CNCCC1CCN(CCOc2ccc(F)cc2)CC1. The lowest BCUT2D eigenvalue weighted by molar-refractivity contribution is 0.151. The molecule has 1 saturated heterocycles. The van der Waals surface area contributed by atoms with Gasteiger partial charge in [-0.2, -0.15) is 0 Å². The van der Waals surface area contributed by atoms with E-state index in [1.165, 1.54) is 44.5 Å². The fourth-order valence-electron chi connectivity index (χ4n) is 2.67. The third-order valence-electron chi connectivity index (χ3n) is 4.00. The summed E-state index contributed by atoms with van der Waals surface area (Å²) in [4.78, 5) is 2.46. The number of likely N-dealkylation sites (tertiary alicyclic amines) is 1. The van der Waals surface area contributed by atoms with Crippen LogP contribution in [-0.2, 0) is 0 Å². The first-order valence-corrected chi connectivity index (χ1v) is 7.53. The molecule has 0 aliphatic carbocycles. The zero-order valence-electron chi connectivity index (χ0n) is 12.3. The van der Waals surface area contributed by atoms with Crippen LogP contribution in [0.4, 0.5) is 4.39 Å². The number of nitrogens with zero attached hydrogens (tertiary/aromatic N) is 1. The summed E-state index contributed by atoms with van der Waals surface area (Å²) >= 11 is 0. The maximum Gasteiger partial charge on any atom is 0.123 e. The largest absolute Gasteiger partial charge is 0.492 e. The fraction of sp³-hybridized carbons (Fsp3) is 0.625. The Kier molecular flexibility index (Phi) is 6.27. The van der Waals surface area contributed by atoms with Crippen LogP contribution in [0, 0.1) is 11.7 Å². The monoisotopic (exact) mass is 280 g/mol. The van der Waals surface area contributed by atoms with Crippen LogP contribution in [0.15, 0.2) is 24.3 Å². The summed E-state index contributed by atoms with van der Waals surface area (Å²) < 4.78 is 18.4. The molecule has 0 amide bonds. The van der Waals surface area contributed by atoms with Crippen molar-refractivity contribution < 1.29 is 9.13 Å². The van der Waals surface area contributed by atoms with Gasteiger partial charge in [-0.15, -0.1) is 0 Å². The zero-order chi connectivity index (χ0) is 14.2. The molecule has 112 valence electrons. The van der Waals surface area contributed by atoms with E-state index < -0.39 is 0 Å². The molecule has 0 atom stereocenters. The maximum absolute atomic E-state index is 12.8. The van der Waals surface area contributed by atoms with E-state index in [9.17, 15) is 4.39 Å². The van der Waals surface area contributed by atoms with Crippen molar-refractivity contribution in [3.63, 3.8) is 0 Å². The first-order chi connectivity index (χ1) is 9.78. The van der Waals surface area contributed by atoms with Crippen molar-refractivity contribution in [1.82, 2.24) is 10.2 Å². The highest BCUT2D eigenvalue weighted by Gasteiger charge is 2.18. The number of benzene rings is 1. The van der Waals surface area contributed by atoms with Gasteiger partial charge in [-0.25, -0.2) is 4.39 Å². The second-order valence-corrected chi connectivity index (χ2v) is 5.48. The summed E-state index contributed by atoms with van der Waals surface area (Å²) in [6, 6.07) is 6.23. The molecule has 0 radical (unpaired) electrons. The van der Waals surface area contributed by atoms with E-state index >= 15 is 0 Å². The van der Waals surface area contributed by atoms with Crippen LogP contribution in [0.5, 0.6) is 5.75 Å². The van der Waals surface area contributed by atoms with Crippen molar-refractivity contribution >= 4 is 0 Å². The van der Waals surface area contributed by atoms with Gasteiger partial charge < -0.3 is 10.1 Å². The molecule has 1 aromatic carbocycles. The summed E-state index contributed by atoms with van der Waals surface area (Å²) in [5.74, 6) is 1.40. The van der Waals surface area contributed by atoms with E-state index in [2.05, 4.69) is 10.2 Å². The summed E-state index contributed by atoms with van der Waals surface area (Å²) in [5, 5.41) is 3.22. The molecule has 1 fully saturated rings. The van der Waals surface area contributed by atoms with E-state index in [0.717, 1.165) is 24.8 Å². The molecular formula is C16H25FN2O. The van der Waals surface area contributed by atoms with Gasteiger partial charge >= 0.3 is 0 Å². The number of hydrogen-bond donors (Lipinski definition) is 1. The number of ether oxygens (including phenoxy) is 1. The molecule has 1 aromatic rings. The normalized spacial score (nSPS) is 17.3. The highest BCUT2D eigenvalue weighted by molar-refractivity contribution is 5.21.